The fourth-order valence-corrected chi connectivity index (χ4v) is 15.3. The van der Waals surface area contributed by atoms with Crippen LogP contribution < -0.4 is 9.80 Å². The molecule has 13 aromatic carbocycles. The van der Waals surface area contributed by atoms with E-state index < -0.39 is 6.85 Å². The zero-order chi connectivity index (χ0) is 56.7. The summed E-state index contributed by atoms with van der Waals surface area (Å²) in [4.78, 5) is 4.56. The number of furan rings is 2. The van der Waals surface area contributed by atoms with E-state index in [1.165, 1.54) is 80.7 Å². The predicted molar refractivity (Wildman–Crippen MR) is 349 cm³/mol. The standard InChI is InChI=1S/C76H49N3O2S/c1-42-32-43(2)35-52(34-42)77(49-20-24-62-69(39-49)80-67-30-16-46-10-5-7-12-54(46)73(62)67)48-18-22-56-59-14-9-15-64-72-58-26-27-60-57-23-19-51(41-71(57)82-76(60)61(58)28-29-65(72)79(75(59)64)66(56)38-48)78(53-36-44(3)33-45(4)37-53)50-21-25-63-70(40-50)81-68-31-17-47-11-6-8-13-55(47)74(63)68/h5-41H,1-4H3/i3D3. The Morgan fingerprint density at radius 2 is 0.841 bits per heavy atom. The predicted octanol–water partition coefficient (Wildman–Crippen LogP) is 22.6. The molecule has 0 atom stereocenters. The number of hydrogen-bond donors (Lipinski definition) is 0. The lowest BCUT2D eigenvalue weighted by atomic mass is 10.00. The summed E-state index contributed by atoms with van der Waals surface area (Å²) in [6, 6.07) is 80.5. The first-order valence-electron chi connectivity index (χ1n) is 29.4. The summed E-state index contributed by atoms with van der Waals surface area (Å²) in [5.41, 5.74) is 16.2. The van der Waals surface area contributed by atoms with Gasteiger partial charge in [0, 0.05) is 119 Å². The number of nitrogens with zero attached hydrogens (tertiary/aromatic N) is 3. The molecule has 0 radical (unpaired) electrons. The largest absolute Gasteiger partial charge is 0.456 e. The number of thiophene rings is 1. The molecule has 0 bridgehead atoms. The Bertz CT molecular complexity index is 5900. The highest BCUT2D eigenvalue weighted by Crippen LogP contribution is 2.49. The number of hydrogen-bond acceptors (Lipinski definition) is 5. The zero-order valence-corrected chi connectivity index (χ0v) is 45.7. The Balaban J connectivity index is 0.796. The summed E-state index contributed by atoms with van der Waals surface area (Å²) in [5, 5.41) is 18.8. The molecule has 0 unspecified atom stereocenters. The summed E-state index contributed by atoms with van der Waals surface area (Å²) in [5.74, 6) is 0. The van der Waals surface area contributed by atoms with Crippen LogP contribution >= 0.6 is 11.3 Å². The van der Waals surface area contributed by atoms with Crippen molar-refractivity contribution in [3.8, 4) is 0 Å². The van der Waals surface area contributed by atoms with Gasteiger partial charge in [0.2, 0.25) is 0 Å². The minimum atomic E-state index is -2.29. The molecule has 82 heavy (non-hydrogen) atoms. The molecule has 5 aromatic heterocycles. The molecule has 0 N–H and O–H groups in total. The summed E-state index contributed by atoms with van der Waals surface area (Å²) in [6.45, 7) is 4.02. The monoisotopic (exact) mass is 1070 g/mol. The van der Waals surface area contributed by atoms with Gasteiger partial charge < -0.3 is 23.0 Å². The third-order valence-corrected chi connectivity index (χ3v) is 18.6. The second kappa shape index (κ2) is 16.7. The van der Waals surface area contributed by atoms with Crippen molar-refractivity contribution in [1.82, 2.24) is 4.40 Å². The first kappa shape index (κ1) is 42.8. The van der Waals surface area contributed by atoms with E-state index in [9.17, 15) is 0 Å². The molecule has 0 aliphatic rings. The number of fused-ring (bicyclic) bond motifs is 22. The number of rotatable bonds is 6. The SMILES string of the molecule is [2H]C([2H])([2H])c1cc(C)cc(N(c2ccc3c(c2)oc2ccc4ccccc4c23)c2ccc3c(c2)sc2c3ccc3c2ccc2c3c3cccc4c5ccc(N(c6cc(C)cc(C)c6)c6ccc7c(c6)oc6ccc8ccccc8c67)cc5n2c43)c1. The summed E-state index contributed by atoms with van der Waals surface area (Å²) >= 11 is 1.81. The second-order valence-electron chi connectivity index (χ2n) is 22.5. The maximum atomic E-state index is 8.47. The molecule has 0 spiro atoms. The molecule has 6 heteroatoms. The Morgan fingerprint density at radius 1 is 0.341 bits per heavy atom. The van der Waals surface area contributed by atoms with Crippen molar-refractivity contribution in [1.29, 1.82) is 0 Å². The lowest BCUT2D eigenvalue weighted by Crippen LogP contribution is -2.10. The van der Waals surface area contributed by atoms with Crippen molar-refractivity contribution in [2.45, 2.75) is 27.6 Å². The van der Waals surface area contributed by atoms with Crippen molar-refractivity contribution >= 4 is 180 Å². The van der Waals surface area contributed by atoms with Crippen LogP contribution in [-0.2, 0) is 0 Å². The van der Waals surface area contributed by atoms with E-state index in [2.05, 4.69) is 240 Å². The molecule has 0 saturated carbocycles. The van der Waals surface area contributed by atoms with Crippen LogP contribution in [0, 0.1) is 27.6 Å². The molecule has 0 amide bonds. The van der Waals surface area contributed by atoms with Crippen molar-refractivity contribution in [3.05, 3.63) is 247 Å². The van der Waals surface area contributed by atoms with Crippen LogP contribution in [0.3, 0.4) is 0 Å². The molecular formula is C76H49N3O2S. The molecule has 5 nitrogen and oxygen atoms in total. The Kier molecular flexibility index (Phi) is 8.71. The topological polar surface area (TPSA) is 37.2 Å². The van der Waals surface area contributed by atoms with Crippen LogP contribution in [0.15, 0.2) is 233 Å². The lowest BCUT2D eigenvalue weighted by Gasteiger charge is -2.26. The van der Waals surface area contributed by atoms with Crippen LogP contribution in [0.4, 0.5) is 34.1 Å². The third kappa shape index (κ3) is 6.49. The van der Waals surface area contributed by atoms with Gasteiger partial charge in [0.15, 0.2) is 0 Å². The van der Waals surface area contributed by atoms with Gasteiger partial charge in [-0.3, -0.25) is 0 Å². The molecule has 0 saturated heterocycles. The highest BCUT2D eigenvalue weighted by molar-refractivity contribution is 7.26. The smallest absolute Gasteiger partial charge is 0.137 e. The van der Waals surface area contributed by atoms with E-state index in [4.69, 9.17) is 12.9 Å². The minimum absolute atomic E-state index is 0.298. The van der Waals surface area contributed by atoms with Gasteiger partial charge in [0.05, 0.1) is 16.6 Å². The number of aromatic nitrogens is 1. The zero-order valence-electron chi connectivity index (χ0n) is 47.9. The molecular weight excluding hydrogens is 1020 g/mol. The molecule has 0 fully saturated rings. The molecule has 386 valence electrons. The maximum Gasteiger partial charge on any atom is 0.137 e. The van der Waals surface area contributed by atoms with Crippen molar-refractivity contribution in [3.63, 3.8) is 0 Å². The summed E-state index contributed by atoms with van der Waals surface area (Å²) < 4.78 is 43.6. The average Bonchev–Trinajstić information content (AvgIpc) is 1.72. The molecule has 18 rings (SSSR count). The van der Waals surface area contributed by atoms with Gasteiger partial charge in [-0.15, -0.1) is 11.3 Å². The van der Waals surface area contributed by atoms with E-state index in [1.807, 2.05) is 24.3 Å². The van der Waals surface area contributed by atoms with Crippen LogP contribution in [0.5, 0.6) is 0 Å². The van der Waals surface area contributed by atoms with Gasteiger partial charge in [-0.2, -0.15) is 0 Å². The van der Waals surface area contributed by atoms with Crippen molar-refractivity contribution in [2.24, 2.45) is 0 Å². The quantitative estimate of drug-likeness (QED) is 0.166. The Labute approximate surface area is 478 Å². The fraction of sp³-hybridized carbons (Fsp3) is 0.0526. The third-order valence-electron chi connectivity index (χ3n) is 17.4. The normalized spacial score (nSPS) is 13.1. The molecule has 0 aliphatic heterocycles. The average molecular weight is 1070 g/mol. The summed E-state index contributed by atoms with van der Waals surface area (Å²) in [6.07, 6.45) is 0. The number of anilines is 6. The van der Waals surface area contributed by atoms with Gasteiger partial charge in [-0.05, 0) is 168 Å². The van der Waals surface area contributed by atoms with Gasteiger partial charge in [0.25, 0.3) is 0 Å². The lowest BCUT2D eigenvalue weighted by molar-refractivity contribution is 0.669. The van der Waals surface area contributed by atoms with E-state index >= 15 is 0 Å². The maximum absolute atomic E-state index is 8.47. The molecule has 5 heterocycles. The van der Waals surface area contributed by atoms with Crippen molar-refractivity contribution < 1.29 is 12.9 Å². The highest BCUT2D eigenvalue weighted by Gasteiger charge is 2.25. The van der Waals surface area contributed by atoms with Gasteiger partial charge in [-0.25, -0.2) is 0 Å². The van der Waals surface area contributed by atoms with Crippen LogP contribution in [0.1, 0.15) is 26.4 Å². The first-order valence-corrected chi connectivity index (χ1v) is 28.8. The molecule has 0 aliphatic carbocycles. The summed E-state index contributed by atoms with van der Waals surface area (Å²) in [7, 11) is 0. The molecule has 18 aromatic rings. The number of aryl methyl sites for hydroxylation is 4. The van der Waals surface area contributed by atoms with Gasteiger partial charge in [0.1, 0.15) is 22.3 Å². The van der Waals surface area contributed by atoms with Crippen LogP contribution in [0.2, 0.25) is 0 Å². The van der Waals surface area contributed by atoms with Crippen molar-refractivity contribution in [2.75, 3.05) is 9.80 Å². The minimum Gasteiger partial charge on any atom is -0.456 e. The van der Waals surface area contributed by atoms with Crippen LogP contribution in [-0.4, -0.2) is 4.40 Å². The van der Waals surface area contributed by atoms with Crippen LogP contribution in [0.25, 0.3) is 134 Å². The van der Waals surface area contributed by atoms with Gasteiger partial charge in [-0.1, -0.05) is 121 Å². The van der Waals surface area contributed by atoms with E-state index in [0.717, 1.165) is 105 Å². The Hall–Kier alpha value is -10.1. The van der Waals surface area contributed by atoms with E-state index in [1.54, 1.807) is 6.07 Å². The second-order valence-corrected chi connectivity index (χ2v) is 23.5. The van der Waals surface area contributed by atoms with Gasteiger partial charge >= 0.3 is 0 Å². The fourth-order valence-electron chi connectivity index (χ4n) is 14.1. The van der Waals surface area contributed by atoms with E-state index in [0.29, 0.717) is 5.56 Å². The Morgan fingerprint density at radius 3 is 1.49 bits per heavy atom. The number of para-hydroxylation sites is 1. The number of benzene rings is 13. The highest BCUT2D eigenvalue weighted by atomic mass is 32.1. The first-order chi connectivity index (χ1) is 41.4. The van der Waals surface area contributed by atoms with E-state index in [-0.39, 0.29) is 0 Å².